The maximum atomic E-state index is 9.22. The minimum absolute atomic E-state index is 0.254. The second-order valence-corrected chi connectivity index (χ2v) is 5.47. The summed E-state index contributed by atoms with van der Waals surface area (Å²) in [6, 6.07) is 0.291. The Bertz CT molecular complexity index is 138. The van der Waals surface area contributed by atoms with E-state index in [4.69, 9.17) is 0 Å². The molecule has 1 N–H and O–H groups in total. The topological polar surface area (TPSA) is 23.5 Å². The lowest BCUT2D eigenvalue weighted by atomic mass is 9.94. The molecule has 0 aromatic rings. The molecule has 2 heteroatoms. The van der Waals surface area contributed by atoms with Gasteiger partial charge in [0.25, 0.3) is 0 Å². The molecule has 0 rings (SSSR count). The Morgan fingerprint density at radius 3 is 1.92 bits per heavy atom. The van der Waals surface area contributed by atoms with Crippen LogP contribution in [0.5, 0.6) is 0 Å². The normalized spacial score (nSPS) is 15.5. The number of rotatable bonds is 4. The predicted octanol–water partition coefficient (Wildman–Crippen LogP) is 1.98. The Kier molecular flexibility index (Phi) is 4.93. The van der Waals surface area contributed by atoms with Gasteiger partial charge in [0.05, 0.1) is 6.61 Å². The molecule has 0 aromatic heterocycles. The summed E-state index contributed by atoms with van der Waals surface area (Å²) in [6.07, 6.45) is 0. The molecule has 2 nitrogen and oxygen atoms in total. The minimum Gasteiger partial charge on any atom is -0.395 e. The van der Waals surface area contributed by atoms with Crippen LogP contribution >= 0.6 is 0 Å². The summed E-state index contributed by atoms with van der Waals surface area (Å²) in [5.41, 5.74) is 0.303. The lowest BCUT2D eigenvalue weighted by Gasteiger charge is -2.34. The van der Waals surface area contributed by atoms with Crippen molar-refractivity contribution >= 4 is 0 Å². The summed E-state index contributed by atoms with van der Waals surface area (Å²) >= 11 is 0. The maximum absolute atomic E-state index is 9.22. The van der Waals surface area contributed by atoms with Crippen LogP contribution in [0.4, 0.5) is 0 Å². The van der Waals surface area contributed by atoms with Gasteiger partial charge in [0.1, 0.15) is 0 Å². The van der Waals surface area contributed by atoms with Crippen molar-refractivity contribution in [2.24, 2.45) is 11.3 Å². The quantitative estimate of drug-likeness (QED) is 0.727. The molecule has 13 heavy (non-hydrogen) atoms. The third-order valence-corrected chi connectivity index (χ3v) is 2.25. The van der Waals surface area contributed by atoms with Gasteiger partial charge in [-0.2, -0.15) is 0 Å². The van der Waals surface area contributed by atoms with E-state index in [0.29, 0.717) is 17.4 Å². The van der Waals surface area contributed by atoms with Gasteiger partial charge in [-0.25, -0.2) is 0 Å². The third kappa shape index (κ3) is 5.27. The van der Waals surface area contributed by atoms with Gasteiger partial charge in [-0.1, -0.05) is 34.6 Å². The molecule has 0 fully saturated rings. The van der Waals surface area contributed by atoms with Crippen LogP contribution in [0.2, 0.25) is 0 Å². The molecule has 80 valence electrons. The third-order valence-electron chi connectivity index (χ3n) is 2.25. The van der Waals surface area contributed by atoms with Crippen molar-refractivity contribution in [3.05, 3.63) is 0 Å². The Morgan fingerprint density at radius 1 is 1.23 bits per heavy atom. The smallest absolute Gasteiger partial charge is 0.0589 e. The molecule has 0 aliphatic heterocycles. The molecule has 0 aliphatic rings. The molecule has 0 amide bonds. The summed E-state index contributed by atoms with van der Waals surface area (Å²) in [6.45, 7) is 12.2. The van der Waals surface area contributed by atoms with Gasteiger partial charge in [0, 0.05) is 12.6 Å². The highest BCUT2D eigenvalue weighted by atomic mass is 16.3. The number of hydrogen-bond donors (Lipinski definition) is 1. The van der Waals surface area contributed by atoms with Crippen LogP contribution < -0.4 is 0 Å². The molecule has 0 aliphatic carbocycles. The fourth-order valence-electron chi connectivity index (χ4n) is 1.72. The fourth-order valence-corrected chi connectivity index (χ4v) is 1.72. The van der Waals surface area contributed by atoms with E-state index in [0.717, 1.165) is 6.54 Å². The fraction of sp³-hybridized carbons (Fsp3) is 1.00. The van der Waals surface area contributed by atoms with Crippen LogP contribution in [-0.2, 0) is 0 Å². The van der Waals surface area contributed by atoms with E-state index < -0.39 is 0 Å². The van der Waals surface area contributed by atoms with Gasteiger partial charge in [-0.15, -0.1) is 0 Å². The summed E-state index contributed by atoms with van der Waals surface area (Å²) in [5.74, 6) is 0.511. The molecular weight excluding hydrogens is 162 g/mol. The zero-order chi connectivity index (χ0) is 10.6. The van der Waals surface area contributed by atoms with Crippen LogP contribution in [0.1, 0.15) is 34.6 Å². The largest absolute Gasteiger partial charge is 0.395 e. The second-order valence-electron chi connectivity index (χ2n) is 5.47. The lowest BCUT2D eigenvalue weighted by molar-refractivity contribution is 0.0858. The van der Waals surface area contributed by atoms with E-state index in [2.05, 4.69) is 46.6 Å². The van der Waals surface area contributed by atoms with Crippen molar-refractivity contribution < 1.29 is 5.11 Å². The van der Waals surface area contributed by atoms with Gasteiger partial charge in [0.15, 0.2) is 0 Å². The van der Waals surface area contributed by atoms with Gasteiger partial charge in [-0.05, 0) is 18.4 Å². The zero-order valence-electron chi connectivity index (χ0n) is 9.96. The zero-order valence-corrected chi connectivity index (χ0v) is 9.96. The molecule has 0 saturated carbocycles. The Balaban J connectivity index is 4.14. The summed E-state index contributed by atoms with van der Waals surface area (Å²) in [7, 11) is 2.09. The highest BCUT2D eigenvalue weighted by molar-refractivity contribution is 4.75. The van der Waals surface area contributed by atoms with Crippen LogP contribution in [0.15, 0.2) is 0 Å². The molecule has 0 radical (unpaired) electrons. The second kappa shape index (κ2) is 4.97. The Morgan fingerprint density at radius 2 is 1.69 bits per heavy atom. The first-order valence-corrected chi connectivity index (χ1v) is 5.09. The van der Waals surface area contributed by atoms with E-state index in [1.54, 1.807) is 0 Å². The predicted molar refractivity (Wildman–Crippen MR) is 57.8 cm³/mol. The first-order valence-electron chi connectivity index (χ1n) is 5.09. The molecule has 0 aromatic carbocycles. The number of hydrogen-bond acceptors (Lipinski definition) is 2. The maximum Gasteiger partial charge on any atom is 0.0589 e. The number of nitrogens with zero attached hydrogens (tertiary/aromatic N) is 1. The van der Waals surface area contributed by atoms with E-state index >= 15 is 0 Å². The van der Waals surface area contributed by atoms with E-state index in [9.17, 15) is 5.11 Å². The van der Waals surface area contributed by atoms with Crippen LogP contribution in [-0.4, -0.2) is 36.2 Å². The molecule has 0 bridgehead atoms. The highest BCUT2D eigenvalue weighted by Crippen LogP contribution is 2.18. The number of likely N-dealkylation sites (N-methyl/N-ethyl adjacent to an activating group) is 1. The van der Waals surface area contributed by atoms with Gasteiger partial charge in [-0.3, -0.25) is 0 Å². The van der Waals surface area contributed by atoms with Crippen LogP contribution in [0.3, 0.4) is 0 Å². The Hall–Kier alpha value is -0.0800. The molecule has 1 atom stereocenters. The van der Waals surface area contributed by atoms with Crippen LogP contribution in [0.25, 0.3) is 0 Å². The van der Waals surface area contributed by atoms with Crippen molar-refractivity contribution in [1.82, 2.24) is 4.90 Å². The first-order chi connectivity index (χ1) is 5.78. The lowest BCUT2D eigenvalue weighted by Crippen LogP contribution is -2.42. The molecular formula is C11H25NO. The van der Waals surface area contributed by atoms with E-state index in [-0.39, 0.29) is 6.61 Å². The van der Waals surface area contributed by atoms with Gasteiger partial charge < -0.3 is 10.0 Å². The molecule has 0 saturated heterocycles. The first kappa shape index (κ1) is 12.9. The monoisotopic (exact) mass is 187 g/mol. The van der Waals surface area contributed by atoms with Crippen molar-refractivity contribution in [3.63, 3.8) is 0 Å². The SMILES string of the molecule is CC(C)C(CO)N(C)CC(C)(C)C. The van der Waals surface area contributed by atoms with E-state index in [1.165, 1.54) is 0 Å². The number of aliphatic hydroxyl groups is 1. The Labute approximate surface area is 82.9 Å². The van der Waals surface area contributed by atoms with Crippen molar-refractivity contribution in [3.8, 4) is 0 Å². The van der Waals surface area contributed by atoms with Crippen molar-refractivity contribution in [1.29, 1.82) is 0 Å². The van der Waals surface area contributed by atoms with Crippen molar-refractivity contribution in [2.45, 2.75) is 40.7 Å². The molecule has 0 spiro atoms. The summed E-state index contributed by atoms with van der Waals surface area (Å²) in [5, 5.41) is 9.22. The van der Waals surface area contributed by atoms with Gasteiger partial charge in [0.2, 0.25) is 0 Å². The van der Waals surface area contributed by atoms with Crippen LogP contribution in [0, 0.1) is 11.3 Å². The average Bonchev–Trinajstić information content (AvgIpc) is 1.82. The van der Waals surface area contributed by atoms with Crippen molar-refractivity contribution in [2.75, 3.05) is 20.2 Å². The van der Waals surface area contributed by atoms with E-state index in [1.807, 2.05) is 0 Å². The minimum atomic E-state index is 0.254. The highest BCUT2D eigenvalue weighted by Gasteiger charge is 2.22. The number of aliphatic hydroxyl groups excluding tert-OH is 1. The molecule has 1 unspecified atom stereocenters. The molecule has 0 heterocycles. The summed E-state index contributed by atoms with van der Waals surface area (Å²) in [4.78, 5) is 2.25. The average molecular weight is 187 g/mol. The van der Waals surface area contributed by atoms with Gasteiger partial charge >= 0.3 is 0 Å². The standard InChI is InChI=1S/C11H25NO/c1-9(2)10(7-13)12(6)8-11(3,4)5/h9-10,13H,7-8H2,1-6H3. The summed E-state index contributed by atoms with van der Waals surface area (Å²) < 4.78 is 0.